The highest BCUT2D eigenvalue weighted by Gasteiger charge is 2.50. The highest BCUT2D eigenvalue weighted by Crippen LogP contribution is 2.36. The van der Waals surface area contributed by atoms with Gasteiger partial charge in [0.1, 0.15) is 0 Å². The lowest BCUT2D eigenvalue weighted by molar-refractivity contribution is -0.213. The second-order valence-corrected chi connectivity index (χ2v) is 6.61. The summed E-state index contributed by atoms with van der Waals surface area (Å²) < 4.78 is 11.2. The van der Waals surface area contributed by atoms with Crippen LogP contribution in [-0.4, -0.2) is 36.0 Å². The maximum atomic E-state index is 11.5. The summed E-state index contributed by atoms with van der Waals surface area (Å²) in [4.78, 5) is 22.9. The summed E-state index contributed by atoms with van der Waals surface area (Å²) in [5.74, 6) is -0.0745. The fraction of sp³-hybridized carbons (Fsp3) is 0.875. The molecule has 0 radical (unpaired) electrons. The van der Waals surface area contributed by atoms with Gasteiger partial charge in [-0.25, -0.2) is 4.79 Å². The molecule has 0 aromatic heterocycles. The largest absolute Gasteiger partial charge is 0.417 e. The Kier molecular flexibility index (Phi) is 5.67. The number of carbonyl (C=O) groups excluding carboxylic acids is 2. The molecule has 22 heavy (non-hydrogen) atoms. The molecule has 2 saturated heterocycles. The summed E-state index contributed by atoms with van der Waals surface area (Å²) in [6.07, 6.45) is 6.40. The molecule has 0 aromatic rings. The second kappa shape index (κ2) is 7.31. The van der Waals surface area contributed by atoms with Crippen molar-refractivity contribution in [2.45, 2.75) is 89.7 Å². The van der Waals surface area contributed by atoms with Crippen LogP contribution in [0.2, 0.25) is 0 Å². The van der Waals surface area contributed by atoms with E-state index < -0.39 is 18.0 Å². The molecule has 4 atom stereocenters. The normalized spacial score (nSPS) is 33.8. The summed E-state index contributed by atoms with van der Waals surface area (Å²) >= 11 is 0. The van der Waals surface area contributed by atoms with Gasteiger partial charge in [-0.2, -0.15) is 0 Å². The van der Waals surface area contributed by atoms with E-state index in [-0.39, 0.29) is 18.0 Å². The van der Waals surface area contributed by atoms with Gasteiger partial charge in [0.15, 0.2) is 0 Å². The van der Waals surface area contributed by atoms with Crippen LogP contribution in [0.3, 0.4) is 0 Å². The van der Waals surface area contributed by atoms with Gasteiger partial charge in [-0.15, -0.1) is 0 Å². The summed E-state index contributed by atoms with van der Waals surface area (Å²) in [6.45, 7) is 5.72. The summed E-state index contributed by atoms with van der Waals surface area (Å²) in [6, 6.07) is -0.294. The van der Waals surface area contributed by atoms with Gasteiger partial charge in [0, 0.05) is 6.92 Å². The number of hydrogen-bond donors (Lipinski definition) is 2. The highest BCUT2D eigenvalue weighted by atomic mass is 16.7. The lowest BCUT2D eigenvalue weighted by Gasteiger charge is -2.45. The van der Waals surface area contributed by atoms with Gasteiger partial charge in [0.05, 0.1) is 17.7 Å². The van der Waals surface area contributed by atoms with Crippen LogP contribution in [0.15, 0.2) is 0 Å². The monoisotopic (exact) mass is 312 g/mol. The number of unbranched alkanes of at least 4 members (excludes halogenated alkanes) is 4. The van der Waals surface area contributed by atoms with Crippen molar-refractivity contribution in [2.75, 3.05) is 0 Å². The van der Waals surface area contributed by atoms with E-state index in [9.17, 15) is 9.59 Å². The number of hydrogen-bond acceptors (Lipinski definition) is 4. The van der Waals surface area contributed by atoms with Crippen molar-refractivity contribution in [3.05, 3.63) is 0 Å². The lowest BCUT2D eigenvalue weighted by atomic mass is 9.83. The first-order chi connectivity index (χ1) is 10.4. The number of fused-ring (bicyclic) bond motifs is 1. The summed E-state index contributed by atoms with van der Waals surface area (Å²) in [5.41, 5.74) is -0.495. The topological polar surface area (TPSA) is 76.7 Å². The molecule has 2 heterocycles. The third-order valence-corrected chi connectivity index (χ3v) is 4.62. The average Bonchev–Trinajstić information content (AvgIpc) is 2.77. The van der Waals surface area contributed by atoms with Crippen molar-refractivity contribution in [1.29, 1.82) is 0 Å². The Morgan fingerprint density at radius 1 is 1.36 bits per heavy atom. The minimum atomic E-state index is -0.543. The maximum Gasteiger partial charge on any atom is 0.409 e. The zero-order valence-electron chi connectivity index (χ0n) is 13.8. The molecule has 6 heteroatoms. The van der Waals surface area contributed by atoms with Crippen molar-refractivity contribution in [2.24, 2.45) is 0 Å². The van der Waals surface area contributed by atoms with Gasteiger partial charge in [-0.05, 0) is 19.8 Å². The van der Waals surface area contributed by atoms with Gasteiger partial charge in [0.25, 0.3) is 0 Å². The molecule has 2 rings (SSSR count). The van der Waals surface area contributed by atoms with Gasteiger partial charge < -0.3 is 20.1 Å². The van der Waals surface area contributed by atoms with Gasteiger partial charge in [0.2, 0.25) is 12.2 Å². The molecule has 2 fully saturated rings. The molecule has 4 unspecified atom stereocenters. The van der Waals surface area contributed by atoms with Crippen molar-refractivity contribution in [3.63, 3.8) is 0 Å². The van der Waals surface area contributed by atoms with E-state index in [0.717, 1.165) is 19.3 Å². The van der Waals surface area contributed by atoms with Crippen LogP contribution < -0.4 is 10.6 Å². The van der Waals surface area contributed by atoms with Crippen LogP contribution >= 0.6 is 0 Å². The minimum Gasteiger partial charge on any atom is -0.417 e. The molecular weight excluding hydrogens is 284 g/mol. The molecule has 2 N–H and O–H groups in total. The molecular formula is C16H28N2O4. The van der Waals surface area contributed by atoms with Crippen LogP contribution in [-0.2, 0) is 14.3 Å². The standard InChI is InChI=1S/C16H28N2O4/c1-4-5-6-7-8-9-16(3)13(17-11(2)19)10-12-14(22-16)21-15(20)18-12/h12-14H,4-10H2,1-3H3,(H,17,19)(H,18,20). The average molecular weight is 312 g/mol. The van der Waals surface area contributed by atoms with Crippen molar-refractivity contribution < 1.29 is 19.1 Å². The molecule has 2 aliphatic heterocycles. The number of ether oxygens (including phenoxy) is 2. The molecule has 2 amide bonds. The molecule has 126 valence electrons. The molecule has 0 aliphatic carbocycles. The Bertz CT molecular complexity index is 415. The SMILES string of the molecule is CCCCCCCC1(C)OC2OC(=O)NC2CC1NC(C)=O. The van der Waals surface area contributed by atoms with E-state index in [2.05, 4.69) is 17.6 Å². The van der Waals surface area contributed by atoms with Crippen molar-refractivity contribution in [1.82, 2.24) is 10.6 Å². The smallest absolute Gasteiger partial charge is 0.409 e. The van der Waals surface area contributed by atoms with E-state index in [1.807, 2.05) is 6.92 Å². The Labute approximate surface area is 132 Å². The molecule has 2 aliphatic rings. The van der Waals surface area contributed by atoms with E-state index in [0.29, 0.717) is 6.42 Å². The van der Waals surface area contributed by atoms with Crippen LogP contribution in [0.1, 0.15) is 65.7 Å². The van der Waals surface area contributed by atoms with Crippen LogP contribution in [0.25, 0.3) is 0 Å². The zero-order valence-corrected chi connectivity index (χ0v) is 13.8. The Balaban J connectivity index is 1.96. The van der Waals surface area contributed by atoms with Gasteiger partial charge in [-0.3, -0.25) is 4.79 Å². The van der Waals surface area contributed by atoms with E-state index in [4.69, 9.17) is 9.47 Å². The first kappa shape index (κ1) is 17.1. The molecule has 0 saturated carbocycles. The Morgan fingerprint density at radius 2 is 2.09 bits per heavy atom. The van der Waals surface area contributed by atoms with Crippen LogP contribution in [0.5, 0.6) is 0 Å². The van der Waals surface area contributed by atoms with E-state index >= 15 is 0 Å². The van der Waals surface area contributed by atoms with Crippen LogP contribution in [0, 0.1) is 0 Å². The first-order valence-corrected chi connectivity index (χ1v) is 8.36. The quantitative estimate of drug-likeness (QED) is 0.708. The van der Waals surface area contributed by atoms with E-state index in [1.165, 1.54) is 26.2 Å². The molecule has 6 nitrogen and oxygen atoms in total. The van der Waals surface area contributed by atoms with Gasteiger partial charge in [-0.1, -0.05) is 39.0 Å². The number of nitrogens with one attached hydrogen (secondary N) is 2. The van der Waals surface area contributed by atoms with E-state index in [1.54, 1.807) is 0 Å². The Morgan fingerprint density at radius 3 is 2.77 bits per heavy atom. The number of alkyl carbamates (subject to hydrolysis) is 1. The summed E-state index contributed by atoms with van der Waals surface area (Å²) in [5, 5.41) is 5.72. The first-order valence-electron chi connectivity index (χ1n) is 8.36. The third-order valence-electron chi connectivity index (χ3n) is 4.62. The number of amides is 2. The number of carbonyl (C=O) groups is 2. The maximum absolute atomic E-state index is 11.5. The molecule has 0 aromatic carbocycles. The predicted octanol–water partition coefficient (Wildman–Crippen LogP) is 2.47. The fourth-order valence-electron chi connectivity index (χ4n) is 3.34. The van der Waals surface area contributed by atoms with Crippen molar-refractivity contribution in [3.8, 4) is 0 Å². The number of rotatable bonds is 7. The lowest BCUT2D eigenvalue weighted by Crippen LogP contribution is -2.61. The highest BCUT2D eigenvalue weighted by molar-refractivity contribution is 5.73. The van der Waals surface area contributed by atoms with Crippen LogP contribution in [0.4, 0.5) is 4.79 Å². The predicted molar refractivity (Wildman–Crippen MR) is 82.3 cm³/mol. The fourth-order valence-corrected chi connectivity index (χ4v) is 3.34. The summed E-state index contributed by atoms with van der Waals surface area (Å²) in [7, 11) is 0. The third kappa shape index (κ3) is 4.12. The van der Waals surface area contributed by atoms with Crippen molar-refractivity contribution >= 4 is 12.0 Å². The zero-order chi connectivity index (χ0) is 16.2. The second-order valence-electron chi connectivity index (χ2n) is 6.61. The molecule has 0 spiro atoms. The Hall–Kier alpha value is -1.30. The molecule has 0 bridgehead atoms. The van der Waals surface area contributed by atoms with Gasteiger partial charge >= 0.3 is 6.09 Å². The minimum absolute atomic E-state index is 0.0745.